The lowest BCUT2D eigenvalue weighted by atomic mass is 9.93. The van der Waals surface area contributed by atoms with Gasteiger partial charge in [-0.1, -0.05) is 10.2 Å². The maximum absolute atomic E-state index is 11.6. The summed E-state index contributed by atoms with van der Waals surface area (Å²) >= 11 is 0. The van der Waals surface area contributed by atoms with Crippen molar-refractivity contribution in [2.45, 2.75) is 13.8 Å². The maximum atomic E-state index is 11.6. The smallest absolute Gasteiger partial charge is 0.192 e. The Morgan fingerprint density at radius 2 is 1.19 bits per heavy atom. The Labute approximate surface area is 89.5 Å². The van der Waals surface area contributed by atoms with Gasteiger partial charge in [-0.15, -0.1) is 0 Å². The van der Waals surface area contributed by atoms with Gasteiger partial charge < -0.3 is 0 Å². The minimum atomic E-state index is -0.600. The molecule has 0 aliphatic heterocycles. The van der Waals surface area contributed by atoms with Gasteiger partial charge in [0.2, 0.25) is 0 Å². The van der Waals surface area contributed by atoms with Gasteiger partial charge in [-0.3, -0.25) is 9.59 Å². The van der Waals surface area contributed by atoms with Crippen molar-refractivity contribution in [3.05, 3.63) is 43.4 Å². The van der Waals surface area contributed by atoms with Crippen LogP contribution in [0.2, 0.25) is 0 Å². The predicted octanol–water partition coefficient (Wildman–Crippen LogP) is 2.31. The van der Waals surface area contributed by atoms with Crippen LogP contribution in [0.3, 0.4) is 0 Å². The molecule has 8 nitrogen and oxygen atoms in total. The third-order valence-electron chi connectivity index (χ3n) is 2.11. The van der Waals surface area contributed by atoms with Crippen molar-refractivity contribution in [3.63, 3.8) is 0 Å². The first-order valence-corrected chi connectivity index (χ1v) is 4.16. The number of Topliss-reactive ketones (excluding diaryl/α,β-unsaturated/α-hetero) is 2. The molecule has 1 aliphatic rings. The van der Waals surface area contributed by atoms with Crippen molar-refractivity contribution in [1.82, 2.24) is 0 Å². The summed E-state index contributed by atoms with van der Waals surface area (Å²) in [4.78, 5) is 28.2. The van der Waals surface area contributed by atoms with Crippen molar-refractivity contribution < 1.29 is 9.59 Å². The van der Waals surface area contributed by atoms with Gasteiger partial charge in [0, 0.05) is 21.0 Å². The van der Waals surface area contributed by atoms with Crippen LogP contribution in [0.15, 0.2) is 32.8 Å². The quantitative estimate of drug-likeness (QED) is 0.304. The lowest BCUT2D eigenvalue weighted by molar-refractivity contribution is -0.116. The van der Waals surface area contributed by atoms with Gasteiger partial charge in [0.25, 0.3) is 0 Å². The lowest BCUT2D eigenvalue weighted by Crippen LogP contribution is -2.19. The molecule has 80 valence electrons. The number of carbonyl (C=O) groups excluding carboxylic acids is 2. The number of carbonyl (C=O) groups is 2. The van der Waals surface area contributed by atoms with Crippen LogP contribution in [0.1, 0.15) is 13.8 Å². The second kappa shape index (κ2) is 4.31. The fourth-order valence-corrected chi connectivity index (χ4v) is 1.24. The van der Waals surface area contributed by atoms with E-state index in [0.29, 0.717) is 0 Å². The highest BCUT2D eigenvalue weighted by Crippen LogP contribution is 2.26. The van der Waals surface area contributed by atoms with Crippen LogP contribution in [-0.4, -0.2) is 11.6 Å². The van der Waals surface area contributed by atoms with Crippen LogP contribution < -0.4 is 0 Å². The highest BCUT2D eigenvalue weighted by molar-refractivity contribution is 6.24. The van der Waals surface area contributed by atoms with Gasteiger partial charge in [0.05, 0.1) is 11.4 Å². The van der Waals surface area contributed by atoms with E-state index in [9.17, 15) is 9.59 Å². The van der Waals surface area contributed by atoms with E-state index in [2.05, 4.69) is 20.1 Å². The monoisotopic (exact) mass is 218 g/mol. The Hall–Kier alpha value is -2.56. The molecule has 0 aromatic rings. The highest BCUT2D eigenvalue weighted by atomic mass is 16.1. The summed E-state index contributed by atoms with van der Waals surface area (Å²) in [5.41, 5.74) is 16.0. The first-order chi connectivity index (χ1) is 7.54. The first kappa shape index (κ1) is 11.5. The van der Waals surface area contributed by atoms with E-state index in [1.165, 1.54) is 13.8 Å². The third-order valence-corrected chi connectivity index (χ3v) is 2.11. The number of ketones is 2. The second-order valence-electron chi connectivity index (χ2n) is 2.98. The van der Waals surface area contributed by atoms with Gasteiger partial charge in [0.1, 0.15) is 0 Å². The molecule has 0 radical (unpaired) electrons. The lowest BCUT2D eigenvalue weighted by Gasteiger charge is -2.14. The van der Waals surface area contributed by atoms with E-state index >= 15 is 0 Å². The molecule has 0 aromatic carbocycles. The van der Waals surface area contributed by atoms with Crippen molar-refractivity contribution >= 4 is 11.6 Å². The Balaban J connectivity index is 3.47. The van der Waals surface area contributed by atoms with Crippen LogP contribution in [0.25, 0.3) is 20.9 Å². The zero-order valence-electron chi connectivity index (χ0n) is 8.50. The summed E-state index contributed by atoms with van der Waals surface area (Å²) in [7, 11) is 0. The zero-order chi connectivity index (χ0) is 12.3. The molecule has 0 aromatic heterocycles. The Bertz CT molecular complexity index is 493. The van der Waals surface area contributed by atoms with Crippen LogP contribution in [0, 0.1) is 0 Å². The SMILES string of the molecule is CC1=C(N=[N+]=[N-])C(=O)C(C)=C(N=[N+]=[N-])C1=O. The average Bonchev–Trinajstić information content (AvgIpc) is 2.28. The average molecular weight is 218 g/mol. The molecule has 0 saturated carbocycles. The molecule has 0 N–H and O–H groups in total. The summed E-state index contributed by atoms with van der Waals surface area (Å²) in [6, 6.07) is 0. The van der Waals surface area contributed by atoms with Crippen LogP contribution >= 0.6 is 0 Å². The van der Waals surface area contributed by atoms with E-state index in [1.54, 1.807) is 0 Å². The van der Waals surface area contributed by atoms with Crippen molar-refractivity contribution in [3.8, 4) is 0 Å². The molecule has 0 fully saturated rings. The molecule has 0 saturated heterocycles. The van der Waals surface area contributed by atoms with Crippen molar-refractivity contribution in [2.75, 3.05) is 0 Å². The number of azide groups is 2. The molecular weight excluding hydrogens is 212 g/mol. The van der Waals surface area contributed by atoms with E-state index in [-0.39, 0.29) is 22.5 Å². The van der Waals surface area contributed by atoms with Crippen LogP contribution in [0.5, 0.6) is 0 Å². The van der Waals surface area contributed by atoms with E-state index in [4.69, 9.17) is 11.1 Å². The normalized spacial score (nSPS) is 15.9. The minimum Gasteiger partial charge on any atom is -0.289 e. The fraction of sp³-hybridized carbons (Fsp3) is 0.250. The molecule has 0 bridgehead atoms. The molecule has 1 rings (SSSR count). The Kier molecular flexibility index (Phi) is 3.10. The molecule has 0 unspecified atom stereocenters. The summed E-state index contributed by atoms with van der Waals surface area (Å²) in [5.74, 6) is -1.20. The molecular formula is C8H6N6O2. The van der Waals surface area contributed by atoms with Gasteiger partial charge in [-0.25, -0.2) is 0 Å². The molecule has 1 aliphatic carbocycles. The number of rotatable bonds is 2. The minimum absolute atomic E-state index is 0.0178. The highest BCUT2D eigenvalue weighted by Gasteiger charge is 2.28. The molecule has 0 heterocycles. The molecule has 16 heavy (non-hydrogen) atoms. The van der Waals surface area contributed by atoms with Crippen LogP contribution in [0.4, 0.5) is 0 Å². The van der Waals surface area contributed by atoms with Gasteiger partial charge in [-0.05, 0) is 24.9 Å². The maximum Gasteiger partial charge on any atom is 0.192 e. The number of hydrogen-bond donors (Lipinski definition) is 0. The van der Waals surface area contributed by atoms with Gasteiger partial charge in [-0.2, -0.15) is 0 Å². The van der Waals surface area contributed by atoms with Gasteiger partial charge >= 0.3 is 0 Å². The van der Waals surface area contributed by atoms with E-state index < -0.39 is 11.6 Å². The van der Waals surface area contributed by atoms with Crippen molar-refractivity contribution in [1.29, 1.82) is 0 Å². The summed E-state index contributed by atoms with van der Waals surface area (Å²) in [5, 5.41) is 6.32. The molecule has 8 heteroatoms. The largest absolute Gasteiger partial charge is 0.289 e. The Morgan fingerprint density at radius 3 is 1.44 bits per heavy atom. The topological polar surface area (TPSA) is 132 Å². The number of allylic oxidation sites excluding steroid dienone is 2. The molecule has 0 spiro atoms. The first-order valence-electron chi connectivity index (χ1n) is 4.16. The summed E-state index contributed by atoms with van der Waals surface area (Å²) in [6.07, 6.45) is 0. The number of nitrogens with zero attached hydrogens (tertiary/aromatic N) is 6. The third kappa shape index (κ3) is 1.66. The van der Waals surface area contributed by atoms with Crippen molar-refractivity contribution in [2.24, 2.45) is 10.2 Å². The van der Waals surface area contributed by atoms with Gasteiger partial charge in [0.15, 0.2) is 11.6 Å². The summed E-state index contributed by atoms with van der Waals surface area (Å²) in [6.45, 7) is 2.67. The van der Waals surface area contributed by atoms with E-state index in [1.807, 2.05) is 0 Å². The summed E-state index contributed by atoms with van der Waals surface area (Å²) < 4.78 is 0. The molecule has 0 amide bonds. The predicted molar refractivity (Wildman–Crippen MR) is 53.7 cm³/mol. The van der Waals surface area contributed by atoms with Crippen LogP contribution in [-0.2, 0) is 9.59 Å². The fourth-order valence-electron chi connectivity index (χ4n) is 1.24. The second-order valence-corrected chi connectivity index (χ2v) is 2.98. The molecule has 0 atom stereocenters. The zero-order valence-corrected chi connectivity index (χ0v) is 8.50. The standard InChI is InChI=1S/C8H6N6O2/c1-3-5(11-13-9)8(16)4(2)6(7(3)15)12-14-10/h1-2H3. The Morgan fingerprint density at radius 1 is 0.875 bits per heavy atom. The number of hydrogen-bond acceptors (Lipinski definition) is 4. The van der Waals surface area contributed by atoms with E-state index in [0.717, 1.165) is 0 Å².